The van der Waals surface area contributed by atoms with Gasteiger partial charge in [0.15, 0.2) is 12.1 Å². The molecule has 0 spiro atoms. The Morgan fingerprint density at radius 3 is 2.67 bits per heavy atom. The molecule has 1 aliphatic carbocycles. The maximum atomic E-state index is 12.8. The Hall–Kier alpha value is -4.58. The number of hydrogen-bond donors (Lipinski definition) is 5. The van der Waals surface area contributed by atoms with Crippen molar-refractivity contribution in [2.45, 2.75) is 12.8 Å². The van der Waals surface area contributed by atoms with E-state index < -0.39 is 0 Å². The van der Waals surface area contributed by atoms with Gasteiger partial charge in [-0.15, -0.1) is 10.2 Å². The number of thiocarbonyl (C=S) groups is 1. The quantitative estimate of drug-likeness (QED) is 0.161. The van der Waals surface area contributed by atoms with Crippen molar-refractivity contribution in [2.24, 2.45) is 11.7 Å². The smallest absolute Gasteiger partial charge is 0.270 e. The predicted molar refractivity (Wildman–Crippen MR) is 156 cm³/mol. The van der Waals surface area contributed by atoms with E-state index in [4.69, 9.17) is 18.0 Å². The largest absolute Gasteiger partial charge is 0.401 e. The number of aldehydes is 1. The van der Waals surface area contributed by atoms with E-state index in [0.29, 0.717) is 35.6 Å². The predicted octanol–water partition coefficient (Wildman–Crippen LogP) is 2.59. The summed E-state index contributed by atoms with van der Waals surface area (Å²) in [6, 6.07) is 7.30. The summed E-state index contributed by atoms with van der Waals surface area (Å²) in [7, 11) is 3.47. The fourth-order valence-corrected chi connectivity index (χ4v) is 4.25. The average Bonchev–Trinajstić information content (AvgIpc) is 3.79. The number of nitrogens with one attached hydrogen (secondary N) is 4. The number of nitrogens with two attached hydrogens (primary N) is 1. The molecule has 0 bridgehead atoms. The van der Waals surface area contributed by atoms with E-state index >= 15 is 0 Å². The molecule has 11 nitrogen and oxygen atoms in total. The molecule has 2 aromatic rings. The minimum Gasteiger partial charge on any atom is -0.401 e. The van der Waals surface area contributed by atoms with E-state index in [-0.39, 0.29) is 35.8 Å². The highest BCUT2D eigenvalue weighted by atomic mass is 32.1. The van der Waals surface area contributed by atoms with E-state index in [2.05, 4.69) is 31.5 Å². The van der Waals surface area contributed by atoms with E-state index in [1.807, 2.05) is 24.3 Å². The molecule has 1 aromatic carbocycles. The maximum Gasteiger partial charge on any atom is 0.270 e. The summed E-state index contributed by atoms with van der Waals surface area (Å²) in [5.41, 5.74) is 10.7. The Labute approximate surface area is 231 Å². The van der Waals surface area contributed by atoms with Gasteiger partial charge in [0, 0.05) is 49.3 Å². The van der Waals surface area contributed by atoms with Crippen LogP contribution in [0.1, 0.15) is 28.9 Å². The lowest BCUT2D eigenvalue weighted by Gasteiger charge is -2.24. The van der Waals surface area contributed by atoms with Crippen molar-refractivity contribution in [3.63, 3.8) is 0 Å². The van der Waals surface area contributed by atoms with Crippen LogP contribution in [0.4, 0.5) is 22.9 Å². The van der Waals surface area contributed by atoms with Crippen LogP contribution in [0.25, 0.3) is 5.57 Å². The number of dihydropyridines is 1. The second kappa shape index (κ2) is 12.3. The molecule has 1 saturated carbocycles. The lowest BCUT2D eigenvalue weighted by molar-refractivity contribution is -0.126. The van der Waals surface area contributed by atoms with Crippen LogP contribution in [0, 0.1) is 5.92 Å². The molecule has 0 saturated heterocycles. The van der Waals surface area contributed by atoms with E-state index in [1.54, 1.807) is 32.3 Å². The summed E-state index contributed by atoms with van der Waals surface area (Å²) in [6.45, 7) is 0.681. The van der Waals surface area contributed by atoms with Gasteiger partial charge >= 0.3 is 0 Å². The Bertz CT molecular complexity index is 1400. The fourth-order valence-electron chi connectivity index (χ4n) is 4.08. The average molecular weight is 547 g/mol. The zero-order valence-electron chi connectivity index (χ0n) is 21.7. The molecule has 202 valence electrons. The van der Waals surface area contributed by atoms with Crippen LogP contribution in [0.15, 0.2) is 53.9 Å². The Balaban J connectivity index is 1.56. The van der Waals surface area contributed by atoms with Gasteiger partial charge in [-0.1, -0.05) is 30.4 Å². The summed E-state index contributed by atoms with van der Waals surface area (Å²) in [5.74, 6) is -0.00915. The molecule has 4 rings (SSSR count). The minimum atomic E-state index is -0.188. The summed E-state index contributed by atoms with van der Waals surface area (Å²) < 4.78 is 0. The molecule has 1 aliphatic heterocycles. The Morgan fingerprint density at radius 2 is 2.03 bits per heavy atom. The van der Waals surface area contributed by atoms with Gasteiger partial charge in [0.25, 0.3) is 5.91 Å². The molecule has 0 radical (unpaired) electrons. The first-order valence-electron chi connectivity index (χ1n) is 12.4. The van der Waals surface area contributed by atoms with Crippen LogP contribution < -0.4 is 27.0 Å². The van der Waals surface area contributed by atoms with Gasteiger partial charge in [0.2, 0.25) is 5.91 Å². The first kappa shape index (κ1) is 27.5. The fraction of sp³-hybridized carbons (Fsp3) is 0.259. The first-order chi connectivity index (χ1) is 18.8. The van der Waals surface area contributed by atoms with Gasteiger partial charge in [-0.05, 0) is 36.6 Å². The van der Waals surface area contributed by atoms with E-state index in [0.717, 1.165) is 29.7 Å². The molecule has 12 heteroatoms. The van der Waals surface area contributed by atoms with Crippen LogP contribution in [-0.4, -0.2) is 65.8 Å². The number of para-hydroxylation sites is 1. The minimum absolute atomic E-state index is 0.00904. The third-order valence-corrected chi connectivity index (χ3v) is 6.40. The molecule has 6 N–H and O–H groups in total. The molecule has 0 unspecified atom stereocenters. The monoisotopic (exact) mass is 546 g/mol. The molecule has 39 heavy (non-hydrogen) atoms. The number of aromatic nitrogens is 2. The number of carbonyl (C=O) groups excluding carboxylic acids is 3. The van der Waals surface area contributed by atoms with Crippen molar-refractivity contribution in [1.29, 1.82) is 0 Å². The van der Waals surface area contributed by atoms with E-state index in [9.17, 15) is 14.4 Å². The molecular formula is C27H30N8O3S. The van der Waals surface area contributed by atoms with Gasteiger partial charge in [0.1, 0.15) is 11.4 Å². The zero-order valence-corrected chi connectivity index (χ0v) is 22.5. The lowest BCUT2D eigenvalue weighted by atomic mass is 9.99. The highest BCUT2D eigenvalue weighted by molar-refractivity contribution is 7.79. The number of amides is 2. The number of carbonyl (C=O) groups is 3. The third kappa shape index (κ3) is 6.65. The van der Waals surface area contributed by atoms with Crippen molar-refractivity contribution < 1.29 is 14.4 Å². The second-order valence-corrected chi connectivity index (χ2v) is 9.45. The third-order valence-electron chi connectivity index (χ3n) is 6.26. The molecule has 1 aromatic heterocycles. The Kier molecular flexibility index (Phi) is 8.67. The maximum absolute atomic E-state index is 12.8. The topological polar surface area (TPSA) is 154 Å². The van der Waals surface area contributed by atoms with Crippen molar-refractivity contribution >= 4 is 64.1 Å². The zero-order chi connectivity index (χ0) is 27.9. The van der Waals surface area contributed by atoms with Crippen molar-refractivity contribution in [2.75, 3.05) is 43.1 Å². The summed E-state index contributed by atoms with van der Waals surface area (Å²) in [6.07, 6.45) is 7.55. The molecule has 0 atom stereocenters. The molecule has 2 amide bonds. The number of likely N-dealkylation sites (N-methyl/N-ethyl adjacent to an activating group) is 1. The number of rotatable bonds is 11. The highest BCUT2D eigenvalue weighted by Crippen LogP contribution is 2.35. The lowest BCUT2D eigenvalue weighted by Crippen LogP contribution is -2.37. The number of hydrogen-bond acceptors (Lipinski definition) is 10. The van der Waals surface area contributed by atoms with Gasteiger partial charge in [-0.3, -0.25) is 14.4 Å². The van der Waals surface area contributed by atoms with Crippen LogP contribution >= 0.6 is 12.2 Å². The van der Waals surface area contributed by atoms with Crippen molar-refractivity contribution in [3.05, 3.63) is 65.1 Å². The number of allylic oxidation sites excluding steroid dienone is 3. The molecule has 2 heterocycles. The van der Waals surface area contributed by atoms with Gasteiger partial charge in [-0.25, -0.2) is 0 Å². The number of benzene rings is 1. The van der Waals surface area contributed by atoms with Crippen LogP contribution in [-0.2, 0) is 9.59 Å². The van der Waals surface area contributed by atoms with Gasteiger partial charge < -0.3 is 31.9 Å². The molecule has 2 aliphatic rings. The van der Waals surface area contributed by atoms with Gasteiger partial charge in [-0.2, -0.15) is 0 Å². The van der Waals surface area contributed by atoms with Gasteiger partial charge in [0.05, 0.1) is 23.6 Å². The molecular weight excluding hydrogens is 516 g/mol. The SMILES string of the molecule is CNc1c(Nc2cc(NC(=O)C3CC3)nnc2C=O)cccc1C1=CC=C(C(=O)N(C)C/C(N)=C/C=S)NC1. The standard InChI is InChI=1S/C27H30N8O3S/c1-29-25-19(17-8-9-21(30-13-17)27(38)35(2)14-18(28)10-11-39)4-3-5-20(25)31-22-12-24(34-33-23(22)15-36)32-26(37)16-6-7-16/h3-5,8-12,15-16,29-30H,6-7,13-14,28H2,1-2H3,(H2,31,32,34,37)/b18-10-. The summed E-state index contributed by atoms with van der Waals surface area (Å²) >= 11 is 4.78. The van der Waals surface area contributed by atoms with Crippen LogP contribution in [0.3, 0.4) is 0 Å². The molecule has 1 fully saturated rings. The van der Waals surface area contributed by atoms with Crippen LogP contribution in [0.5, 0.6) is 0 Å². The second-order valence-electron chi connectivity index (χ2n) is 9.18. The Morgan fingerprint density at radius 1 is 1.23 bits per heavy atom. The van der Waals surface area contributed by atoms with Crippen molar-refractivity contribution in [1.82, 2.24) is 20.4 Å². The number of nitrogens with zero attached hydrogens (tertiary/aromatic N) is 3. The van der Waals surface area contributed by atoms with Crippen molar-refractivity contribution in [3.8, 4) is 0 Å². The summed E-state index contributed by atoms with van der Waals surface area (Å²) in [5, 5.41) is 21.8. The number of anilines is 4. The van der Waals surface area contributed by atoms with Crippen LogP contribution in [0.2, 0.25) is 0 Å². The highest BCUT2D eigenvalue weighted by Gasteiger charge is 2.30. The van der Waals surface area contributed by atoms with E-state index in [1.165, 1.54) is 10.3 Å². The summed E-state index contributed by atoms with van der Waals surface area (Å²) in [4.78, 5) is 38.1. The normalized spacial score (nSPS) is 14.8. The first-order valence-corrected chi connectivity index (χ1v) is 12.8.